The van der Waals surface area contributed by atoms with Crippen LogP contribution in [-0.2, 0) is 11.2 Å². The molecule has 7 nitrogen and oxygen atoms in total. The molecule has 0 radical (unpaired) electrons. The van der Waals surface area contributed by atoms with Gasteiger partial charge in [0.1, 0.15) is 0 Å². The molecule has 1 saturated heterocycles. The van der Waals surface area contributed by atoms with Gasteiger partial charge in [-0.25, -0.2) is 4.68 Å². The summed E-state index contributed by atoms with van der Waals surface area (Å²) < 4.78 is 1.85. The van der Waals surface area contributed by atoms with Crippen molar-refractivity contribution in [2.24, 2.45) is 4.99 Å². The molecule has 0 unspecified atom stereocenters. The van der Waals surface area contributed by atoms with Crippen LogP contribution in [0.25, 0.3) is 5.69 Å². The van der Waals surface area contributed by atoms with Crippen LogP contribution in [0, 0.1) is 0 Å². The quantitative estimate of drug-likeness (QED) is 0.541. The highest BCUT2D eigenvalue weighted by Gasteiger charge is 2.16. The van der Waals surface area contributed by atoms with Crippen LogP contribution < -0.4 is 10.6 Å². The average molecular weight is 383 g/mol. The number of benzene rings is 1. The molecule has 1 fully saturated rings. The van der Waals surface area contributed by atoms with Gasteiger partial charge in [-0.1, -0.05) is 12.1 Å². The van der Waals surface area contributed by atoms with Gasteiger partial charge in [0, 0.05) is 45.0 Å². The molecule has 150 valence electrons. The number of amides is 1. The summed E-state index contributed by atoms with van der Waals surface area (Å²) in [5, 5.41) is 10.8. The molecule has 1 aliphatic rings. The highest BCUT2D eigenvalue weighted by atomic mass is 16.2. The first-order valence-electron chi connectivity index (χ1n) is 10.1. The van der Waals surface area contributed by atoms with Gasteiger partial charge >= 0.3 is 0 Å². The standard InChI is InChI=1S/C21H30N6O/c1-2-22-21(24-14-11-20(28)26-15-3-4-16-26)23-13-10-18-6-8-19(9-7-18)27-17-5-12-25-27/h5-9,12,17H,2-4,10-11,13-16H2,1H3,(H2,22,23,24). The largest absolute Gasteiger partial charge is 0.357 e. The van der Waals surface area contributed by atoms with Crippen LogP contribution in [-0.4, -0.2) is 59.3 Å². The van der Waals surface area contributed by atoms with E-state index in [1.54, 1.807) is 6.20 Å². The minimum absolute atomic E-state index is 0.217. The van der Waals surface area contributed by atoms with E-state index in [1.807, 2.05) is 28.8 Å². The van der Waals surface area contributed by atoms with E-state index >= 15 is 0 Å². The number of rotatable bonds is 8. The zero-order valence-electron chi connectivity index (χ0n) is 16.6. The SMILES string of the molecule is CCNC(=NCCC(=O)N1CCCC1)NCCc1ccc(-n2cccn2)cc1. The van der Waals surface area contributed by atoms with Gasteiger partial charge in [0.2, 0.25) is 5.91 Å². The third-order valence-corrected chi connectivity index (χ3v) is 4.81. The lowest BCUT2D eigenvalue weighted by Crippen LogP contribution is -2.38. The van der Waals surface area contributed by atoms with Gasteiger partial charge in [-0.15, -0.1) is 0 Å². The molecular weight excluding hydrogens is 352 g/mol. The van der Waals surface area contributed by atoms with Crippen molar-refractivity contribution >= 4 is 11.9 Å². The number of likely N-dealkylation sites (tertiary alicyclic amines) is 1. The van der Waals surface area contributed by atoms with Crippen molar-refractivity contribution in [1.82, 2.24) is 25.3 Å². The van der Waals surface area contributed by atoms with Gasteiger partial charge < -0.3 is 15.5 Å². The van der Waals surface area contributed by atoms with Crippen molar-refractivity contribution in [3.8, 4) is 5.69 Å². The molecule has 0 bridgehead atoms. The van der Waals surface area contributed by atoms with E-state index in [9.17, 15) is 4.79 Å². The maximum atomic E-state index is 12.1. The second kappa shape index (κ2) is 10.5. The number of nitrogens with one attached hydrogen (secondary N) is 2. The summed E-state index contributed by atoms with van der Waals surface area (Å²) in [7, 11) is 0. The Kier molecular flexibility index (Phi) is 7.46. The van der Waals surface area contributed by atoms with E-state index in [-0.39, 0.29) is 5.91 Å². The van der Waals surface area contributed by atoms with Gasteiger partial charge in [-0.3, -0.25) is 9.79 Å². The molecule has 0 spiro atoms. The van der Waals surface area contributed by atoms with Gasteiger partial charge in [-0.05, 0) is 49.9 Å². The summed E-state index contributed by atoms with van der Waals surface area (Å²) in [4.78, 5) is 18.6. The maximum Gasteiger partial charge on any atom is 0.224 e. The van der Waals surface area contributed by atoms with Crippen LogP contribution in [0.2, 0.25) is 0 Å². The molecule has 1 aromatic carbocycles. The topological polar surface area (TPSA) is 74.6 Å². The van der Waals surface area contributed by atoms with E-state index < -0.39 is 0 Å². The van der Waals surface area contributed by atoms with Gasteiger partial charge in [0.25, 0.3) is 0 Å². The Morgan fingerprint density at radius 1 is 1.18 bits per heavy atom. The lowest BCUT2D eigenvalue weighted by atomic mass is 10.1. The zero-order valence-corrected chi connectivity index (χ0v) is 16.6. The van der Waals surface area contributed by atoms with E-state index in [0.717, 1.165) is 57.1 Å². The van der Waals surface area contributed by atoms with Crippen molar-refractivity contribution in [2.75, 3.05) is 32.7 Å². The molecule has 7 heteroatoms. The number of hydrogen-bond donors (Lipinski definition) is 2. The van der Waals surface area contributed by atoms with Crippen molar-refractivity contribution in [3.63, 3.8) is 0 Å². The summed E-state index contributed by atoms with van der Waals surface area (Å²) in [6.45, 7) is 5.95. The molecule has 0 atom stereocenters. The van der Waals surface area contributed by atoms with Crippen molar-refractivity contribution in [3.05, 3.63) is 48.3 Å². The number of carbonyl (C=O) groups excluding carboxylic acids is 1. The zero-order chi connectivity index (χ0) is 19.6. The van der Waals surface area contributed by atoms with Gasteiger partial charge in [0.05, 0.1) is 12.2 Å². The summed E-state index contributed by atoms with van der Waals surface area (Å²) in [5.74, 6) is 0.985. The van der Waals surface area contributed by atoms with E-state index in [1.165, 1.54) is 5.56 Å². The molecule has 2 heterocycles. The first-order chi connectivity index (χ1) is 13.8. The number of nitrogens with zero attached hydrogens (tertiary/aromatic N) is 4. The third kappa shape index (κ3) is 5.84. The van der Waals surface area contributed by atoms with Crippen LogP contribution in [0.3, 0.4) is 0 Å². The Morgan fingerprint density at radius 2 is 1.96 bits per heavy atom. The molecule has 2 N–H and O–H groups in total. The lowest BCUT2D eigenvalue weighted by Gasteiger charge is -2.15. The lowest BCUT2D eigenvalue weighted by molar-refractivity contribution is -0.129. The second-order valence-electron chi connectivity index (χ2n) is 6.89. The number of aliphatic imine (C=N–C) groups is 1. The van der Waals surface area contributed by atoms with Crippen molar-refractivity contribution in [2.45, 2.75) is 32.6 Å². The smallest absolute Gasteiger partial charge is 0.224 e. The van der Waals surface area contributed by atoms with E-state index in [4.69, 9.17) is 0 Å². The predicted octanol–water partition coefficient (Wildman–Crippen LogP) is 1.98. The molecule has 0 saturated carbocycles. The Morgan fingerprint density at radius 3 is 2.64 bits per heavy atom. The fourth-order valence-electron chi connectivity index (χ4n) is 3.29. The van der Waals surface area contributed by atoms with E-state index in [0.29, 0.717) is 13.0 Å². The Balaban J connectivity index is 1.43. The monoisotopic (exact) mass is 382 g/mol. The summed E-state index contributed by atoms with van der Waals surface area (Å²) in [6, 6.07) is 10.3. The number of guanidine groups is 1. The summed E-state index contributed by atoms with van der Waals surface area (Å²) >= 11 is 0. The molecule has 2 aromatic rings. The highest BCUT2D eigenvalue weighted by molar-refractivity contribution is 5.81. The molecule has 1 amide bonds. The number of aromatic nitrogens is 2. The molecular formula is C21H30N6O. The number of hydrogen-bond acceptors (Lipinski definition) is 3. The van der Waals surface area contributed by atoms with E-state index in [2.05, 4.69) is 45.0 Å². The summed E-state index contributed by atoms with van der Waals surface area (Å²) in [6.07, 6.45) is 7.34. The summed E-state index contributed by atoms with van der Waals surface area (Å²) in [5.41, 5.74) is 2.31. The van der Waals surface area contributed by atoms with Gasteiger partial charge in [-0.2, -0.15) is 5.10 Å². The minimum Gasteiger partial charge on any atom is -0.357 e. The van der Waals surface area contributed by atoms with Crippen molar-refractivity contribution < 1.29 is 4.79 Å². The maximum absolute atomic E-state index is 12.1. The first kappa shape index (κ1) is 19.9. The molecule has 1 aliphatic heterocycles. The Hall–Kier alpha value is -2.83. The molecule has 3 rings (SSSR count). The number of carbonyl (C=O) groups is 1. The van der Waals surface area contributed by atoms with Crippen LogP contribution in [0.15, 0.2) is 47.7 Å². The van der Waals surface area contributed by atoms with Crippen LogP contribution in [0.5, 0.6) is 0 Å². The predicted molar refractivity (Wildman–Crippen MR) is 112 cm³/mol. The first-order valence-corrected chi connectivity index (χ1v) is 10.1. The normalized spacial score (nSPS) is 14.3. The van der Waals surface area contributed by atoms with Crippen molar-refractivity contribution in [1.29, 1.82) is 0 Å². The molecule has 28 heavy (non-hydrogen) atoms. The van der Waals surface area contributed by atoms with Crippen LogP contribution in [0.4, 0.5) is 0 Å². The fourth-order valence-corrected chi connectivity index (χ4v) is 3.29. The molecule has 1 aromatic heterocycles. The molecule has 0 aliphatic carbocycles. The fraction of sp³-hybridized carbons (Fsp3) is 0.476. The second-order valence-corrected chi connectivity index (χ2v) is 6.89. The van der Waals surface area contributed by atoms with Crippen LogP contribution in [0.1, 0.15) is 31.7 Å². The van der Waals surface area contributed by atoms with Crippen LogP contribution >= 0.6 is 0 Å². The third-order valence-electron chi connectivity index (χ3n) is 4.81. The minimum atomic E-state index is 0.217. The average Bonchev–Trinajstić information content (AvgIpc) is 3.42. The Labute approximate surface area is 166 Å². The van der Waals surface area contributed by atoms with Gasteiger partial charge in [0.15, 0.2) is 5.96 Å². The highest BCUT2D eigenvalue weighted by Crippen LogP contribution is 2.09. The Bertz CT molecular complexity index is 748.